The van der Waals surface area contributed by atoms with Crippen LogP contribution in [0.15, 0.2) is 16.5 Å². The van der Waals surface area contributed by atoms with Crippen molar-refractivity contribution in [1.29, 1.82) is 0 Å². The van der Waals surface area contributed by atoms with Gasteiger partial charge in [-0.15, -0.1) is 0 Å². The normalized spacial score (nSPS) is 14.8. The number of alkyl halides is 3. The van der Waals surface area contributed by atoms with Gasteiger partial charge in [0, 0.05) is 11.8 Å². The maximum absolute atomic E-state index is 13.5. The molecule has 1 aromatic rings. The Hall–Kier alpha value is -1.31. The van der Waals surface area contributed by atoms with Gasteiger partial charge in [-0.1, -0.05) is 0 Å². The Morgan fingerprint density at radius 2 is 1.65 bits per heavy atom. The van der Waals surface area contributed by atoms with E-state index in [0.29, 0.717) is 6.07 Å². The predicted octanol–water partition coefficient (Wildman–Crippen LogP) is 3.86. The average Bonchev–Trinajstić information content (AvgIpc) is 2.26. The maximum Gasteiger partial charge on any atom is 0.419 e. The van der Waals surface area contributed by atoms with E-state index in [0.717, 1.165) is 6.21 Å². The lowest BCUT2D eigenvalue weighted by Gasteiger charge is -2.13. The molecule has 0 aliphatic rings. The molecule has 0 saturated carbocycles. The van der Waals surface area contributed by atoms with E-state index in [2.05, 4.69) is 4.40 Å². The number of rotatable bonds is 2. The highest BCUT2D eigenvalue weighted by molar-refractivity contribution is 7.85. The fourth-order valence-electron chi connectivity index (χ4n) is 1.14. The molecule has 0 aromatic heterocycles. The molecule has 0 unspecified atom stereocenters. The minimum Gasteiger partial charge on any atom is -0.234 e. The number of hydrogen-bond acceptors (Lipinski definition) is 1. The van der Waals surface area contributed by atoms with Crippen LogP contribution in [0.3, 0.4) is 0 Å². The van der Waals surface area contributed by atoms with Gasteiger partial charge in [0.1, 0.15) is 22.6 Å². The Balaban J connectivity index is 3.15. The van der Waals surface area contributed by atoms with Crippen molar-refractivity contribution in [3.05, 3.63) is 34.9 Å². The van der Waals surface area contributed by atoms with Gasteiger partial charge < -0.3 is 0 Å². The van der Waals surface area contributed by atoms with Gasteiger partial charge in [0.2, 0.25) is 0 Å². The first-order valence-corrected chi connectivity index (χ1v) is 6.56. The minimum absolute atomic E-state index is 0.0523. The predicted molar refractivity (Wildman–Crippen MR) is 66.8 cm³/mol. The summed E-state index contributed by atoms with van der Waals surface area (Å²) in [6.45, 7) is 4.85. The molecule has 112 valence electrons. The molecule has 0 aliphatic heterocycles. The Labute approximate surface area is 115 Å². The first kappa shape index (κ1) is 16.7. The average molecular weight is 313 g/mol. The van der Waals surface area contributed by atoms with Crippen LogP contribution in [0.2, 0.25) is 0 Å². The standard InChI is InChI=1S/C12H12F5NOS/c1-11(2,3)20(19)18-6-7-4-10(14)8(5-9(7)13)12(15,16)17/h4-6H,1-3H3/t20-/m0/s1. The zero-order valence-corrected chi connectivity index (χ0v) is 11.7. The molecule has 20 heavy (non-hydrogen) atoms. The van der Waals surface area contributed by atoms with Crippen LogP contribution in [0.5, 0.6) is 0 Å². The van der Waals surface area contributed by atoms with Crippen molar-refractivity contribution >= 4 is 17.2 Å². The first-order chi connectivity index (χ1) is 8.93. The molecule has 8 heteroatoms. The largest absolute Gasteiger partial charge is 0.419 e. The third-order valence-electron chi connectivity index (χ3n) is 2.20. The summed E-state index contributed by atoms with van der Waals surface area (Å²) in [5.74, 6) is -2.89. The highest BCUT2D eigenvalue weighted by Crippen LogP contribution is 2.32. The molecule has 0 radical (unpaired) electrons. The molecule has 0 aliphatic carbocycles. The third-order valence-corrected chi connectivity index (χ3v) is 3.55. The zero-order chi connectivity index (χ0) is 15.7. The molecule has 2 nitrogen and oxygen atoms in total. The van der Waals surface area contributed by atoms with Crippen molar-refractivity contribution in [3.8, 4) is 0 Å². The van der Waals surface area contributed by atoms with Gasteiger partial charge in [-0.05, 0) is 32.9 Å². The van der Waals surface area contributed by atoms with Crippen molar-refractivity contribution in [1.82, 2.24) is 0 Å². The third kappa shape index (κ3) is 4.09. The summed E-state index contributed by atoms with van der Waals surface area (Å²) >= 11 is 0. The van der Waals surface area contributed by atoms with E-state index in [1.807, 2.05) is 0 Å². The lowest BCUT2D eigenvalue weighted by atomic mass is 10.1. The number of halogens is 5. The summed E-state index contributed by atoms with van der Waals surface area (Å²) in [6, 6.07) is 0.429. The summed E-state index contributed by atoms with van der Waals surface area (Å²) in [6.07, 6.45) is -4.21. The molecule has 1 atom stereocenters. The Kier molecular flexibility index (Phi) is 4.68. The number of hydrogen-bond donors (Lipinski definition) is 0. The van der Waals surface area contributed by atoms with Crippen molar-refractivity contribution in [2.45, 2.75) is 31.7 Å². The molecule has 0 N–H and O–H groups in total. The summed E-state index contributed by atoms with van der Waals surface area (Å²) < 4.78 is 78.1. The zero-order valence-electron chi connectivity index (χ0n) is 10.9. The van der Waals surface area contributed by atoms with Gasteiger partial charge in [0.15, 0.2) is 0 Å². The lowest BCUT2D eigenvalue weighted by molar-refractivity contribution is -0.140. The fraction of sp³-hybridized carbons (Fsp3) is 0.417. The van der Waals surface area contributed by atoms with Gasteiger partial charge in [-0.2, -0.15) is 17.6 Å². The van der Waals surface area contributed by atoms with Gasteiger partial charge in [-0.25, -0.2) is 13.0 Å². The van der Waals surface area contributed by atoms with Gasteiger partial charge in [-0.3, -0.25) is 0 Å². The summed E-state index contributed by atoms with van der Waals surface area (Å²) in [4.78, 5) is 0. The second-order valence-electron chi connectivity index (χ2n) is 4.95. The van der Waals surface area contributed by atoms with Crippen LogP contribution in [0, 0.1) is 11.6 Å². The van der Waals surface area contributed by atoms with E-state index >= 15 is 0 Å². The van der Waals surface area contributed by atoms with Crippen LogP contribution < -0.4 is 0 Å². The minimum atomic E-state index is -4.98. The number of benzene rings is 1. The van der Waals surface area contributed by atoms with Gasteiger partial charge >= 0.3 is 6.18 Å². The summed E-state index contributed by atoms with van der Waals surface area (Å²) in [7, 11) is -1.72. The molecule has 0 bridgehead atoms. The fourth-order valence-corrected chi connectivity index (χ4v) is 1.67. The molecule has 0 fully saturated rings. The van der Waals surface area contributed by atoms with E-state index in [-0.39, 0.29) is 6.07 Å². The van der Waals surface area contributed by atoms with Crippen molar-refractivity contribution in [3.63, 3.8) is 0 Å². The Morgan fingerprint density at radius 3 is 2.10 bits per heavy atom. The topological polar surface area (TPSA) is 29.4 Å². The molecule has 0 saturated heterocycles. The molecule has 0 amide bonds. The van der Waals surface area contributed by atoms with E-state index in [1.165, 1.54) is 0 Å². The van der Waals surface area contributed by atoms with Gasteiger partial charge in [0.25, 0.3) is 0 Å². The van der Waals surface area contributed by atoms with E-state index in [1.54, 1.807) is 20.8 Å². The SMILES string of the molecule is CC(C)(C)[S@](=O)N=Cc1cc(F)c(C(F)(F)F)cc1F. The molecule has 1 aromatic carbocycles. The van der Waals surface area contributed by atoms with Crippen molar-refractivity contribution in [2.75, 3.05) is 0 Å². The van der Waals surface area contributed by atoms with Crippen LogP contribution in [0.4, 0.5) is 22.0 Å². The lowest BCUT2D eigenvalue weighted by Crippen LogP contribution is -2.19. The van der Waals surface area contributed by atoms with Crippen LogP contribution in [-0.2, 0) is 17.2 Å². The molecule has 0 heterocycles. The monoisotopic (exact) mass is 313 g/mol. The highest BCUT2D eigenvalue weighted by atomic mass is 32.2. The van der Waals surface area contributed by atoms with Crippen LogP contribution in [0.25, 0.3) is 0 Å². The van der Waals surface area contributed by atoms with Crippen molar-refractivity contribution < 1.29 is 26.2 Å². The molecular weight excluding hydrogens is 301 g/mol. The van der Waals surface area contributed by atoms with E-state index in [4.69, 9.17) is 0 Å². The second-order valence-corrected chi connectivity index (χ2v) is 6.88. The van der Waals surface area contributed by atoms with E-state index in [9.17, 15) is 26.2 Å². The smallest absolute Gasteiger partial charge is 0.234 e. The van der Waals surface area contributed by atoms with Crippen LogP contribution in [0.1, 0.15) is 31.9 Å². The van der Waals surface area contributed by atoms with Gasteiger partial charge in [0.05, 0.1) is 10.3 Å². The second kappa shape index (κ2) is 5.59. The summed E-state index contributed by atoms with van der Waals surface area (Å²) in [5, 5.41) is 0. The highest BCUT2D eigenvalue weighted by Gasteiger charge is 2.35. The molecular formula is C12H12F5NOS. The Bertz CT molecular complexity index is 560. The van der Waals surface area contributed by atoms with Crippen LogP contribution in [-0.4, -0.2) is 15.2 Å². The quantitative estimate of drug-likeness (QED) is 0.602. The van der Waals surface area contributed by atoms with Crippen molar-refractivity contribution in [2.24, 2.45) is 4.40 Å². The molecule has 0 spiro atoms. The Morgan fingerprint density at radius 1 is 1.10 bits per heavy atom. The van der Waals surface area contributed by atoms with E-state index < -0.39 is 44.7 Å². The number of nitrogens with zero attached hydrogens (tertiary/aromatic N) is 1. The summed E-state index contributed by atoms with van der Waals surface area (Å²) in [5.41, 5.74) is -2.18. The van der Waals surface area contributed by atoms with Crippen LogP contribution >= 0.6 is 0 Å². The maximum atomic E-state index is 13.5. The molecule has 1 rings (SSSR count). The first-order valence-electron chi connectivity index (χ1n) is 5.45.